The van der Waals surface area contributed by atoms with E-state index in [0.717, 1.165) is 12.8 Å². The first-order chi connectivity index (χ1) is 8.02. The molecule has 0 unspecified atom stereocenters. The third-order valence-electron chi connectivity index (χ3n) is 3.55. The van der Waals surface area contributed by atoms with E-state index in [4.69, 9.17) is 16.7 Å². The first-order valence-electron chi connectivity index (χ1n) is 6.21. The van der Waals surface area contributed by atoms with Gasteiger partial charge in [-0.1, -0.05) is 19.1 Å². The molecule has 0 aromatic carbocycles. The Morgan fingerprint density at radius 2 is 2.18 bits per heavy atom. The van der Waals surface area contributed by atoms with E-state index < -0.39 is 5.97 Å². The predicted octanol–water partition coefficient (Wildman–Crippen LogP) is 2.81. The van der Waals surface area contributed by atoms with Crippen LogP contribution in [0.25, 0.3) is 0 Å². The normalized spacial score (nSPS) is 33.4. The van der Waals surface area contributed by atoms with E-state index in [1.54, 1.807) is 0 Å². The zero-order valence-electron chi connectivity index (χ0n) is 10.2. The van der Waals surface area contributed by atoms with E-state index in [0.29, 0.717) is 18.8 Å². The van der Waals surface area contributed by atoms with Crippen molar-refractivity contribution in [1.82, 2.24) is 0 Å². The van der Waals surface area contributed by atoms with Crippen molar-refractivity contribution in [1.29, 1.82) is 0 Å². The van der Waals surface area contributed by atoms with Crippen LogP contribution in [0.5, 0.6) is 0 Å². The third kappa shape index (κ3) is 4.68. The van der Waals surface area contributed by atoms with E-state index in [-0.39, 0.29) is 23.8 Å². The molecule has 0 spiro atoms. The Morgan fingerprint density at radius 3 is 2.71 bits per heavy atom. The van der Waals surface area contributed by atoms with Crippen molar-refractivity contribution < 1.29 is 15.0 Å². The van der Waals surface area contributed by atoms with Gasteiger partial charge in [-0.15, -0.1) is 11.6 Å². The topological polar surface area (TPSA) is 57.5 Å². The molecule has 98 valence electrons. The fraction of sp³-hybridized carbons (Fsp3) is 0.769. The summed E-state index contributed by atoms with van der Waals surface area (Å²) in [7, 11) is 0. The summed E-state index contributed by atoms with van der Waals surface area (Å²) in [4.78, 5) is 10.3. The molecule has 17 heavy (non-hydrogen) atoms. The number of unbranched alkanes of at least 4 members (excludes halogenated alkanes) is 1. The summed E-state index contributed by atoms with van der Waals surface area (Å²) in [5, 5.41) is 18.2. The Kier molecular flexibility index (Phi) is 6.00. The molecule has 1 saturated carbocycles. The molecule has 1 fully saturated rings. The Hall–Kier alpha value is -0.540. The number of hydrogen-bond acceptors (Lipinski definition) is 2. The minimum Gasteiger partial charge on any atom is -0.481 e. The maximum atomic E-state index is 10.3. The average molecular weight is 261 g/mol. The molecule has 0 radical (unpaired) electrons. The number of carboxylic acid groups (broad SMARTS) is 1. The second-order valence-corrected chi connectivity index (χ2v) is 5.40. The van der Waals surface area contributed by atoms with Gasteiger partial charge in [0.1, 0.15) is 0 Å². The van der Waals surface area contributed by atoms with Gasteiger partial charge < -0.3 is 10.2 Å². The van der Waals surface area contributed by atoms with Crippen LogP contribution in [0.15, 0.2) is 12.2 Å². The number of alkyl halides is 1. The number of aliphatic hydroxyl groups is 1. The quantitative estimate of drug-likeness (QED) is 0.439. The minimum absolute atomic E-state index is 0.0590. The van der Waals surface area contributed by atoms with E-state index >= 15 is 0 Å². The van der Waals surface area contributed by atoms with E-state index in [9.17, 15) is 9.90 Å². The van der Waals surface area contributed by atoms with Crippen LogP contribution in [0.2, 0.25) is 0 Å². The van der Waals surface area contributed by atoms with Crippen molar-refractivity contribution in [3.8, 4) is 0 Å². The fourth-order valence-electron chi connectivity index (χ4n) is 2.34. The van der Waals surface area contributed by atoms with Gasteiger partial charge in [0.05, 0.1) is 6.10 Å². The van der Waals surface area contributed by atoms with Crippen LogP contribution in [0, 0.1) is 11.8 Å². The molecule has 4 atom stereocenters. The lowest BCUT2D eigenvalue weighted by Gasteiger charge is -2.17. The van der Waals surface area contributed by atoms with Gasteiger partial charge in [0.25, 0.3) is 0 Å². The molecule has 1 aliphatic rings. The summed E-state index contributed by atoms with van der Waals surface area (Å²) in [6.45, 7) is 2.04. The zero-order valence-corrected chi connectivity index (χ0v) is 10.9. The first kappa shape index (κ1) is 14.5. The van der Waals surface area contributed by atoms with Crippen molar-refractivity contribution >= 4 is 17.6 Å². The highest BCUT2D eigenvalue weighted by Crippen LogP contribution is 2.38. The summed E-state index contributed by atoms with van der Waals surface area (Å²) in [5.41, 5.74) is 0. The van der Waals surface area contributed by atoms with Crippen molar-refractivity contribution in [2.24, 2.45) is 11.8 Å². The van der Waals surface area contributed by atoms with Gasteiger partial charge in [-0.05, 0) is 37.5 Å². The molecule has 0 amide bonds. The lowest BCUT2D eigenvalue weighted by Crippen LogP contribution is -2.16. The highest BCUT2D eigenvalue weighted by Gasteiger charge is 2.37. The van der Waals surface area contributed by atoms with Crippen LogP contribution in [0.4, 0.5) is 0 Å². The number of halogens is 1. The van der Waals surface area contributed by atoms with E-state index in [2.05, 4.69) is 6.08 Å². The number of hydrogen-bond donors (Lipinski definition) is 2. The smallest absolute Gasteiger partial charge is 0.303 e. The fourth-order valence-corrected chi connectivity index (χ4v) is 2.85. The van der Waals surface area contributed by atoms with Crippen LogP contribution in [0.3, 0.4) is 0 Å². The maximum Gasteiger partial charge on any atom is 0.303 e. The second-order valence-electron chi connectivity index (χ2n) is 4.84. The number of allylic oxidation sites excluding steroid dienone is 2. The van der Waals surface area contributed by atoms with Gasteiger partial charge in [-0.25, -0.2) is 0 Å². The van der Waals surface area contributed by atoms with Gasteiger partial charge >= 0.3 is 5.97 Å². The van der Waals surface area contributed by atoms with Crippen LogP contribution in [0.1, 0.15) is 39.0 Å². The number of carboxylic acids is 1. The largest absolute Gasteiger partial charge is 0.481 e. The highest BCUT2D eigenvalue weighted by atomic mass is 35.5. The van der Waals surface area contributed by atoms with E-state index in [1.807, 2.05) is 13.0 Å². The van der Waals surface area contributed by atoms with Crippen molar-refractivity contribution in [2.75, 3.05) is 0 Å². The van der Waals surface area contributed by atoms with Crippen LogP contribution in [-0.2, 0) is 4.79 Å². The van der Waals surface area contributed by atoms with Gasteiger partial charge in [-0.2, -0.15) is 0 Å². The SMILES string of the molecule is C[C@@H]1[C@@H](C/C=C\CCCC(=O)O)[C@H](Cl)C[C@H]1O. The Bertz CT molecular complexity index is 278. The molecule has 0 heterocycles. The molecular formula is C13H21ClO3. The predicted molar refractivity (Wildman–Crippen MR) is 68.2 cm³/mol. The monoisotopic (exact) mass is 260 g/mol. The summed E-state index contributed by atoms with van der Waals surface area (Å²) in [5.74, 6) is -0.157. The summed E-state index contributed by atoms with van der Waals surface area (Å²) >= 11 is 6.18. The molecular weight excluding hydrogens is 240 g/mol. The average Bonchev–Trinajstić information content (AvgIpc) is 2.48. The third-order valence-corrected chi connectivity index (χ3v) is 4.05. The molecule has 0 saturated heterocycles. The number of carbonyl (C=O) groups is 1. The van der Waals surface area contributed by atoms with E-state index in [1.165, 1.54) is 0 Å². The van der Waals surface area contributed by atoms with Crippen molar-refractivity contribution in [3.63, 3.8) is 0 Å². The van der Waals surface area contributed by atoms with Crippen LogP contribution in [-0.4, -0.2) is 27.7 Å². The first-order valence-corrected chi connectivity index (χ1v) is 6.65. The van der Waals surface area contributed by atoms with Crippen LogP contribution >= 0.6 is 11.6 Å². The molecule has 0 bridgehead atoms. The standard InChI is InChI=1S/C13H21ClO3/c1-9-10(11(14)8-12(9)15)6-4-2-3-5-7-13(16)17/h2,4,9-12,15H,3,5-8H2,1H3,(H,16,17)/b4-2-/t9-,10-,11-,12-/m1/s1. The van der Waals surface area contributed by atoms with Gasteiger partial charge in [0, 0.05) is 11.8 Å². The molecule has 1 aliphatic carbocycles. The lowest BCUT2D eigenvalue weighted by molar-refractivity contribution is -0.137. The Balaban J connectivity index is 2.21. The lowest BCUT2D eigenvalue weighted by atomic mass is 9.93. The summed E-state index contributed by atoms with van der Waals surface area (Å²) in [6, 6.07) is 0. The minimum atomic E-state index is -0.744. The molecule has 0 aromatic rings. The maximum absolute atomic E-state index is 10.3. The second kappa shape index (κ2) is 7.02. The number of rotatable bonds is 6. The van der Waals surface area contributed by atoms with Gasteiger partial charge in [0.15, 0.2) is 0 Å². The highest BCUT2D eigenvalue weighted by molar-refractivity contribution is 6.21. The molecule has 4 heteroatoms. The van der Waals surface area contributed by atoms with Gasteiger partial charge in [-0.3, -0.25) is 4.79 Å². The number of aliphatic hydroxyl groups excluding tert-OH is 1. The number of aliphatic carboxylic acids is 1. The molecule has 0 aliphatic heterocycles. The van der Waals surface area contributed by atoms with Gasteiger partial charge in [0.2, 0.25) is 0 Å². The Morgan fingerprint density at radius 1 is 1.47 bits per heavy atom. The molecule has 2 N–H and O–H groups in total. The zero-order chi connectivity index (χ0) is 12.8. The molecule has 3 nitrogen and oxygen atoms in total. The Labute approximate surface area is 107 Å². The summed E-state index contributed by atoms with van der Waals surface area (Å²) in [6.07, 6.45) is 7.06. The van der Waals surface area contributed by atoms with Crippen LogP contribution < -0.4 is 0 Å². The summed E-state index contributed by atoms with van der Waals surface area (Å²) < 4.78 is 0. The van der Waals surface area contributed by atoms with Crippen molar-refractivity contribution in [3.05, 3.63) is 12.2 Å². The molecule has 0 aromatic heterocycles. The van der Waals surface area contributed by atoms with Crippen molar-refractivity contribution in [2.45, 2.75) is 50.5 Å². The molecule has 1 rings (SSSR count).